The van der Waals surface area contributed by atoms with Crippen molar-refractivity contribution >= 4 is 23.4 Å². The molecule has 0 radical (unpaired) electrons. The van der Waals surface area contributed by atoms with Gasteiger partial charge in [-0.1, -0.05) is 137 Å². The van der Waals surface area contributed by atoms with Gasteiger partial charge in [-0.15, -0.1) is 0 Å². The summed E-state index contributed by atoms with van der Waals surface area (Å²) in [6.07, 6.45) is 17.5. The van der Waals surface area contributed by atoms with Gasteiger partial charge in [0.15, 0.2) is 0 Å². The molecule has 2 nitrogen and oxygen atoms in total. The zero-order chi connectivity index (χ0) is 31.6. The van der Waals surface area contributed by atoms with Crippen LogP contribution in [0.2, 0.25) is 0 Å². The van der Waals surface area contributed by atoms with Crippen molar-refractivity contribution in [3.8, 4) is 11.1 Å². The quantitative estimate of drug-likeness (QED) is 0.170. The predicted octanol–water partition coefficient (Wildman–Crippen LogP) is 10.7. The average Bonchev–Trinajstić information content (AvgIpc) is 3.17. The molecule has 226 valence electrons. The second-order valence-electron chi connectivity index (χ2n) is 14.4. The molecule has 0 amide bonds. The number of hydrogen-bond acceptors (Lipinski definition) is 2. The van der Waals surface area contributed by atoms with Gasteiger partial charge in [0.25, 0.3) is 0 Å². The van der Waals surface area contributed by atoms with E-state index in [9.17, 15) is 0 Å². The Labute approximate surface area is 273 Å². The number of aliphatic imine (C=N–C) groups is 1. The zero-order valence-corrected chi connectivity index (χ0v) is 27.2. The smallest absolute Gasteiger partial charge is 0.103 e. The number of nitrogens with zero attached hydrogens (tertiary/aromatic N) is 2. The van der Waals surface area contributed by atoms with Crippen LogP contribution < -0.4 is 0 Å². The number of fused-ring (bicyclic) bond motifs is 7. The molecule has 3 aliphatic carbocycles. The van der Waals surface area contributed by atoms with Crippen molar-refractivity contribution in [1.29, 1.82) is 0 Å². The highest BCUT2D eigenvalue weighted by atomic mass is 14.9. The van der Waals surface area contributed by atoms with Gasteiger partial charge in [0, 0.05) is 23.5 Å². The molecule has 46 heavy (non-hydrogen) atoms. The van der Waals surface area contributed by atoms with Gasteiger partial charge >= 0.3 is 0 Å². The molecule has 0 N–H and O–H groups in total. The molecular formula is C44H40N2. The highest BCUT2D eigenvalue weighted by Gasteiger charge is 2.33. The summed E-state index contributed by atoms with van der Waals surface area (Å²) in [5.74, 6) is 0.179. The van der Waals surface area contributed by atoms with Crippen molar-refractivity contribution in [2.45, 2.75) is 57.4 Å². The lowest BCUT2D eigenvalue weighted by Crippen LogP contribution is -2.25. The van der Waals surface area contributed by atoms with Crippen molar-refractivity contribution in [3.63, 3.8) is 0 Å². The number of hydrogen-bond donors (Lipinski definition) is 0. The van der Waals surface area contributed by atoms with E-state index in [1.165, 1.54) is 44.5 Å². The lowest BCUT2D eigenvalue weighted by atomic mass is 9.70. The van der Waals surface area contributed by atoms with Crippen molar-refractivity contribution < 1.29 is 0 Å². The van der Waals surface area contributed by atoms with E-state index in [2.05, 4.69) is 150 Å². The Kier molecular flexibility index (Phi) is 6.62. The van der Waals surface area contributed by atoms with E-state index < -0.39 is 0 Å². The Bertz CT molecular complexity index is 2080. The minimum Gasteiger partial charge on any atom is -0.278 e. The monoisotopic (exact) mass is 596 g/mol. The first kappa shape index (κ1) is 28.6. The van der Waals surface area contributed by atoms with Crippen LogP contribution in [-0.2, 0) is 17.3 Å². The third kappa shape index (κ3) is 4.62. The van der Waals surface area contributed by atoms with Crippen molar-refractivity contribution in [3.05, 3.63) is 166 Å². The fourth-order valence-electron chi connectivity index (χ4n) is 7.98. The summed E-state index contributed by atoms with van der Waals surface area (Å²) in [6, 6.07) is 28.8. The molecule has 0 saturated carbocycles. The van der Waals surface area contributed by atoms with Gasteiger partial charge in [0.1, 0.15) is 6.04 Å². The van der Waals surface area contributed by atoms with E-state index in [-0.39, 0.29) is 22.8 Å². The van der Waals surface area contributed by atoms with E-state index >= 15 is 0 Å². The Balaban J connectivity index is 1.17. The molecular weight excluding hydrogens is 556 g/mol. The lowest BCUT2D eigenvalue weighted by Gasteiger charge is -2.34. The second-order valence-corrected chi connectivity index (χ2v) is 14.4. The van der Waals surface area contributed by atoms with Crippen LogP contribution in [0.15, 0.2) is 126 Å². The topological polar surface area (TPSA) is 25.2 Å². The molecule has 0 saturated heterocycles. The average molecular weight is 597 g/mol. The minimum atomic E-state index is -0.0790. The summed E-state index contributed by atoms with van der Waals surface area (Å²) in [6.45, 7) is 13.5. The molecule has 2 heterocycles. The van der Waals surface area contributed by atoms with Crippen LogP contribution in [0.1, 0.15) is 84.9 Å². The number of pyridine rings is 1. The Hall–Kier alpha value is -4.82. The van der Waals surface area contributed by atoms with Gasteiger partial charge in [-0.3, -0.25) is 4.99 Å². The van der Waals surface area contributed by atoms with Gasteiger partial charge in [-0.05, 0) is 85.7 Å². The van der Waals surface area contributed by atoms with E-state index in [1.54, 1.807) is 0 Å². The van der Waals surface area contributed by atoms with Gasteiger partial charge in [-0.25, -0.2) is 4.98 Å². The van der Waals surface area contributed by atoms with Crippen LogP contribution >= 0.6 is 0 Å². The maximum atomic E-state index is 5.50. The van der Waals surface area contributed by atoms with Crippen LogP contribution in [0, 0.1) is 5.92 Å². The molecule has 8 rings (SSSR count). The standard InChI is InChI=1S/C44H40N2/c1-6-28(25-34-26-31-12-7-9-15-37(31)44(34,4)5)40-23-21-30-19-18-29-13-11-17-39(45-41(29)42(30)46-40)32-20-22-35-33(24-32)27-43(2,3)38-16-10-8-14-36(35)38/h6-16,18-26,29,41H,1,17,27H2,2-5H3/b28-25+. The van der Waals surface area contributed by atoms with E-state index in [4.69, 9.17) is 9.98 Å². The molecule has 2 unspecified atom stereocenters. The van der Waals surface area contributed by atoms with Gasteiger partial charge in [0.05, 0.1) is 11.4 Å². The molecule has 0 spiro atoms. The van der Waals surface area contributed by atoms with E-state index in [1.807, 2.05) is 6.08 Å². The van der Waals surface area contributed by atoms with Gasteiger partial charge in [0.2, 0.25) is 0 Å². The van der Waals surface area contributed by atoms with Crippen molar-refractivity contribution in [2.75, 3.05) is 0 Å². The molecule has 0 bridgehead atoms. The van der Waals surface area contributed by atoms with E-state index in [0.717, 1.165) is 41.1 Å². The van der Waals surface area contributed by atoms with Crippen LogP contribution in [0.5, 0.6) is 0 Å². The minimum absolute atomic E-state index is 0.0700. The lowest BCUT2D eigenvalue weighted by molar-refractivity contribution is 0.517. The molecule has 4 aliphatic rings. The summed E-state index contributed by atoms with van der Waals surface area (Å²) in [4.78, 5) is 10.8. The summed E-state index contributed by atoms with van der Waals surface area (Å²) in [5.41, 5.74) is 16.0. The largest absolute Gasteiger partial charge is 0.278 e. The Morgan fingerprint density at radius 1 is 0.848 bits per heavy atom. The normalized spacial score (nSPS) is 21.5. The molecule has 2 heteroatoms. The third-order valence-corrected chi connectivity index (χ3v) is 10.6. The summed E-state index contributed by atoms with van der Waals surface area (Å²) in [5, 5.41) is 0. The predicted molar refractivity (Wildman–Crippen MR) is 194 cm³/mol. The summed E-state index contributed by atoms with van der Waals surface area (Å²) in [7, 11) is 0. The fourth-order valence-corrected chi connectivity index (χ4v) is 7.98. The first-order valence-corrected chi connectivity index (χ1v) is 16.5. The molecule has 2 atom stereocenters. The van der Waals surface area contributed by atoms with Crippen LogP contribution in [0.4, 0.5) is 0 Å². The number of rotatable bonds is 4. The maximum Gasteiger partial charge on any atom is 0.103 e. The third-order valence-electron chi connectivity index (χ3n) is 10.6. The molecule has 1 aromatic heterocycles. The van der Waals surface area contributed by atoms with Crippen molar-refractivity contribution in [1.82, 2.24) is 4.98 Å². The first-order chi connectivity index (χ1) is 22.2. The number of aromatic nitrogens is 1. The highest BCUT2D eigenvalue weighted by molar-refractivity contribution is 6.02. The number of benzene rings is 3. The molecule has 4 aromatic rings. The fraction of sp³-hybridized carbons (Fsp3) is 0.227. The Morgan fingerprint density at radius 3 is 2.48 bits per heavy atom. The maximum absolute atomic E-state index is 5.50. The summed E-state index contributed by atoms with van der Waals surface area (Å²) >= 11 is 0. The summed E-state index contributed by atoms with van der Waals surface area (Å²) < 4.78 is 0. The van der Waals surface area contributed by atoms with E-state index in [0.29, 0.717) is 0 Å². The SMILES string of the molecule is C=C/C(=C\C1=Cc2ccccc2C1(C)C)c1ccc2c(n1)C1N=C(c3ccc4c(c3)CC(C)(C)c3ccccc3-4)CC=CC1C=C2. The van der Waals surface area contributed by atoms with Crippen LogP contribution in [0.25, 0.3) is 28.9 Å². The second kappa shape index (κ2) is 10.6. The van der Waals surface area contributed by atoms with Crippen molar-refractivity contribution in [2.24, 2.45) is 10.9 Å². The van der Waals surface area contributed by atoms with Crippen LogP contribution in [0.3, 0.4) is 0 Å². The van der Waals surface area contributed by atoms with Gasteiger partial charge in [-0.2, -0.15) is 0 Å². The zero-order valence-electron chi connectivity index (χ0n) is 27.2. The van der Waals surface area contributed by atoms with Gasteiger partial charge < -0.3 is 0 Å². The van der Waals surface area contributed by atoms with Crippen LogP contribution in [-0.4, -0.2) is 10.7 Å². The Morgan fingerprint density at radius 2 is 1.65 bits per heavy atom. The first-order valence-electron chi connectivity index (χ1n) is 16.5. The highest BCUT2D eigenvalue weighted by Crippen LogP contribution is 2.45. The number of allylic oxidation sites excluding steroid dienone is 5. The molecule has 3 aromatic carbocycles. The molecule has 1 aliphatic heterocycles. The molecule has 0 fully saturated rings.